The average Bonchev–Trinajstić information content (AvgIpc) is 2.68. The molecule has 1 N–H and O–H groups in total. The molecule has 0 fully saturated rings. The van der Waals surface area contributed by atoms with Crippen molar-refractivity contribution in [3.8, 4) is 0 Å². The lowest BCUT2D eigenvalue weighted by Crippen LogP contribution is -2.13. The molecule has 20 heavy (non-hydrogen) atoms. The molecule has 0 aliphatic rings. The highest BCUT2D eigenvalue weighted by Crippen LogP contribution is 2.19. The predicted octanol–water partition coefficient (Wildman–Crippen LogP) is 2.16. The smallest absolute Gasteiger partial charge is 0.294 e. The van der Waals surface area contributed by atoms with Gasteiger partial charge in [0.2, 0.25) is 5.76 Å². The SMILES string of the molecule is Cc1nc(C)c(C(=O)Nc2ccc([N+](=O)[O-])c(C)n2)o1. The zero-order valence-corrected chi connectivity index (χ0v) is 11.1. The molecule has 0 spiro atoms. The Morgan fingerprint density at radius 2 is 1.95 bits per heavy atom. The van der Waals surface area contributed by atoms with Crippen LogP contribution in [-0.4, -0.2) is 20.8 Å². The number of hydrogen-bond acceptors (Lipinski definition) is 6. The molecule has 104 valence electrons. The molecule has 1 amide bonds. The second-order valence-electron chi connectivity index (χ2n) is 4.16. The summed E-state index contributed by atoms with van der Waals surface area (Å²) in [6.45, 7) is 4.79. The van der Waals surface area contributed by atoms with Gasteiger partial charge in [0, 0.05) is 13.0 Å². The van der Waals surface area contributed by atoms with Crippen LogP contribution in [-0.2, 0) is 0 Å². The van der Waals surface area contributed by atoms with Crippen LogP contribution in [0.2, 0.25) is 0 Å². The molecule has 8 nitrogen and oxygen atoms in total. The van der Waals surface area contributed by atoms with Gasteiger partial charge in [0.25, 0.3) is 11.6 Å². The van der Waals surface area contributed by atoms with Crippen LogP contribution in [0, 0.1) is 30.9 Å². The summed E-state index contributed by atoms with van der Waals surface area (Å²) in [7, 11) is 0. The van der Waals surface area contributed by atoms with Crippen molar-refractivity contribution in [2.24, 2.45) is 0 Å². The van der Waals surface area contributed by atoms with Gasteiger partial charge in [-0.05, 0) is 19.9 Å². The summed E-state index contributed by atoms with van der Waals surface area (Å²) in [6.07, 6.45) is 0. The lowest BCUT2D eigenvalue weighted by Gasteiger charge is -2.04. The van der Waals surface area contributed by atoms with Gasteiger partial charge in [-0.2, -0.15) is 0 Å². The number of oxazole rings is 1. The number of amides is 1. The zero-order chi connectivity index (χ0) is 14.9. The Hall–Kier alpha value is -2.77. The predicted molar refractivity (Wildman–Crippen MR) is 69.6 cm³/mol. The van der Waals surface area contributed by atoms with E-state index < -0.39 is 10.8 Å². The van der Waals surface area contributed by atoms with Crippen LogP contribution < -0.4 is 5.32 Å². The van der Waals surface area contributed by atoms with E-state index in [4.69, 9.17) is 4.42 Å². The number of nitro groups is 1. The van der Waals surface area contributed by atoms with Gasteiger partial charge in [0.05, 0.1) is 10.6 Å². The Morgan fingerprint density at radius 3 is 2.45 bits per heavy atom. The second kappa shape index (κ2) is 5.08. The maximum Gasteiger partial charge on any atom is 0.294 e. The molecule has 2 heterocycles. The number of rotatable bonds is 3. The van der Waals surface area contributed by atoms with E-state index in [1.165, 1.54) is 19.1 Å². The van der Waals surface area contributed by atoms with Crippen molar-refractivity contribution in [3.05, 3.63) is 45.3 Å². The van der Waals surface area contributed by atoms with Crippen LogP contribution in [0.3, 0.4) is 0 Å². The highest BCUT2D eigenvalue weighted by atomic mass is 16.6. The Kier molecular flexibility index (Phi) is 3.47. The quantitative estimate of drug-likeness (QED) is 0.679. The lowest BCUT2D eigenvalue weighted by molar-refractivity contribution is -0.385. The summed E-state index contributed by atoms with van der Waals surface area (Å²) >= 11 is 0. The molecule has 0 aromatic carbocycles. The molecule has 2 aromatic rings. The zero-order valence-electron chi connectivity index (χ0n) is 11.1. The molecule has 0 aliphatic carbocycles. The number of aryl methyl sites for hydroxylation is 3. The first-order valence-electron chi connectivity index (χ1n) is 5.76. The molecule has 0 saturated carbocycles. The minimum atomic E-state index is -0.530. The molecule has 8 heteroatoms. The van der Waals surface area contributed by atoms with Gasteiger partial charge in [-0.3, -0.25) is 14.9 Å². The van der Waals surface area contributed by atoms with E-state index in [9.17, 15) is 14.9 Å². The maximum atomic E-state index is 12.0. The first-order chi connectivity index (χ1) is 9.38. The van der Waals surface area contributed by atoms with Crippen molar-refractivity contribution in [2.45, 2.75) is 20.8 Å². The van der Waals surface area contributed by atoms with Gasteiger partial charge in [-0.15, -0.1) is 0 Å². The fraction of sp³-hybridized carbons (Fsp3) is 0.250. The van der Waals surface area contributed by atoms with Gasteiger partial charge >= 0.3 is 0 Å². The van der Waals surface area contributed by atoms with Gasteiger partial charge in [-0.1, -0.05) is 0 Å². The van der Waals surface area contributed by atoms with E-state index in [0.717, 1.165) is 0 Å². The minimum absolute atomic E-state index is 0.0975. The number of hydrogen-bond donors (Lipinski definition) is 1. The van der Waals surface area contributed by atoms with E-state index in [1.54, 1.807) is 13.8 Å². The molecular formula is C12H12N4O4. The van der Waals surface area contributed by atoms with Crippen LogP contribution in [0.5, 0.6) is 0 Å². The third kappa shape index (κ3) is 2.63. The summed E-state index contributed by atoms with van der Waals surface area (Å²) in [6, 6.07) is 2.65. The highest BCUT2D eigenvalue weighted by Gasteiger charge is 2.18. The molecule has 0 unspecified atom stereocenters. The van der Waals surface area contributed by atoms with E-state index in [0.29, 0.717) is 11.6 Å². The van der Waals surface area contributed by atoms with Gasteiger partial charge in [-0.25, -0.2) is 9.97 Å². The van der Waals surface area contributed by atoms with Crippen LogP contribution in [0.1, 0.15) is 27.8 Å². The Labute approximate surface area is 114 Å². The molecule has 2 rings (SSSR count). The van der Waals surface area contributed by atoms with Crippen molar-refractivity contribution < 1.29 is 14.1 Å². The monoisotopic (exact) mass is 276 g/mol. The number of carbonyl (C=O) groups excluding carboxylic acids is 1. The Bertz CT molecular complexity index is 693. The van der Waals surface area contributed by atoms with Gasteiger partial charge in [0.1, 0.15) is 11.5 Å². The highest BCUT2D eigenvalue weighted by molar-refractivity contribution is 6.02. The van der Waals surface area contributed by atoms with Crippen molar-refractivity contribution in [2.75, 3.05) is 5.32 Å². The molecule has 0 saturated heterocycles. The number of anilines is 1. The molecule has 0 aliphatic heterocycles. The summed E-state index contributed by atoms with van der Waals surface area (Å²) in [4.78, 5) is 30.1. The first kappa shape index (κ1) is 13.7. The molecule has 0 bridgehead atoms. The molecular weight excluding hydrogens is 264 g/mol. The van der Waals surface area contributed by atoms with Crippen LogP contribution in [0.4, 0.5) is 11.5 Å². The Morgan fingerprint density at radius 1 is 1.25 bits per heavy atom. The summed E-state index contributed by atoms with van der Waals surface area (Å²) in [5, 5.41) is 13.2. The molecule has 2 aromatic heterocycles. The maximum absolute atomic E-state index is 12.0. The number of aromatic nitrogens is 2. The lowest BCUT2D eigenvalue weighted by atomic mass is 10.3. The first-order valence-corrected chi connectivity index (χ1v) is 5.76. The van der Waals surface area contributed by atoms with Gasteiger partial charge < -0.3 is 9.73 Å². The van der Waals surface area contributed by atoms with Crippen LogP contribution in [0.25, 0.3) is 0 Å². The number of nitrogens with zero attached hydrogens (tertiary/aromatic N) is 3. The average molecular weight is 276 g/mol. The fourth-order valence-electron chi connectivity index (χ4n) is 1.73. The topological polar surface area (TPSA) is 111 Å². The number of pyridine rings is 1. The van der Waals surface area contributed by atoms with E-state index in [-0.39, 0.29) is 23.0 Å². The Balaban J connectivity index is 2.22. The third-order valence-corrected chi connectivity index (χ3v) is 2.61. The fourth-order valence-corrected chi connectivity index (χ4v) is 1.73. The normalized spacial score (nSPS) is 10.3. The molecule has 0 radical (unpaired) electrons. The minimum Gasteiger partial charge on any atom is -0.436 e. The number of nitrogens with one attached hydrogen (secondary N) is 1. The van der Waals surface area contributed by atoms with E-state index in [2.05, 4.69) is 15.3 Å². The van der Waals surface area contributed by atoms with Gasteiger partial charge in [0.15, 0.2) is 5.89 Å². The summed E-state index contributed by atoms with van der Waals surface area (Å²) in [5.41, 5.74) is 0.589. The summed E-state index contributed by atoms with van der Waals surface area (Å²) < 4.78 is 5.18. The summed E-state index contributed by atoms with van der Waals surface area (Å²) in [5.74, 6) is 0.205. The van der Waals surface area contributed by atoms with E-state index in [1.807, 2.05) is 0 Å². The van der Waals surface area contributed by atoms with Crippen LogP contribution in [0.15, 0.2) is 16.5 Å². The second-order valence-corrected chi connectivity index (χ2v) is 4.16. The number of carbonyl (C=O) groups is 1. The van der Waals surface area contributed by atoms with Crippen molar-refractivity contribution >= 4 is 17.4 Å². The largest absolute Gasteiger partial charge is 0.436 e. The third-order valence-electron chi connectivity index (χ3n) is 2.61. The standard InChI is InChI=1S/C12H12N4O4/c1-6-9(16(18)19)4-5-10(14-6)15-12(17)11-7(2)13-8(3)20-11/h4-5H,1-3H3,(H,14,15,17). The van der Waals surface area contributed by atoms with Crippen molar-refractivity contribution in [1.29, 1.82) is 0 Å². The van der Waals surface area contributed by atoms with Crippen LogP contribution >= 0.6 is 0 Å². The van der Waals surface area contributed by atoms with Crippen molar-refractivity contribution in [1.82, 2.24) is 9.97 Å². The molecule has 0 atom stereocenters. The van der Waals surface area contributed by atoms with Crippen molar-refractivity contribution in [3.63, 3.8) is 0 Å². The van der Waals surface area contributed by atoms with E-state index >= 15 is 0 Å².